The average Bonchev–Trinajstić information content (AvgIpc) is 3.26. The highest BCUT2D eigenvalue weighted by Crippen LogP contribution is 2.45. The topological polar surface area (TPSA) is 60.3 Å². The number of aryl methyl sites for hydroxylation is 1. The van der Waals surface area contributed by atoms with E-state index in [9.17, 15) is 9.59 Å². The van der Waals surface area contributed by atoms with Crippen molar-refractivity contribution in [2.24, 2.45) is 12.5 Å². The molecule has 23 heavy (non-hydrogen) atoms. The number of carbonyl (C=O) groups excluding carboxylic acids is 1. The van der Waals surface area contributed by atoms with Gasteiger partial charge < -0.3 is 14.6 Å². The summed E-state index contributed by atoms with van der Waals surface area (Å²) < 4.78 is 8.29. The van der Waals surface area contributed by atoms with Gasteiger partial charge in [0.2, 0.25) is 5.91 Å². The smallest absolute Gasteiger partial charge is 0.254 e. The lowest BCUT2D eigenvalue weighted by Gasteiger charge is -2.30. The molecule has 0 spiro atoms. The zero-order valence-electron chi connectivity index (χ0n) is 13.6. The fourth-order valence-corrected chi connectivity index (χ4v) is 3.46. The number of rotatable bonds is 4. The minimum Gasteiger partial charge on any atom is -0.489 e. The molecule has 1 aromatic rings. The Labute approximate surface area is 144 Å². The van der Waals surface area contributed by atoms with Crippen LogP contribution in [0.15, 0.2) is 21.5 Å². The van der Waals surface area contributed by atoms with Crippen molar-refractivity contribution in [1.29, 1.82) is 0 Å². The van der Waals surface area contributed by atoms with Gasteiger partial charge in [0.05, 0.1) is 10.6 Å². The Hall–Kier alpha value is -1.30. The summed E-state index contributed by atoms with van der Waals surface area (Å²) in [5.74, 6) is 0.808. The van der Waals surface area contributed by atoms with Crippen molar-refractivity contribution in [3.05, 3.63) is 27.1 Å². The molecule has 2 aliphatic carbocycles. The maximum atomic E-state index is 12.1. The van der Waals surface area contributed by atoms with Crippen molar-refractivity contribution in [2.75, 3.05) is 0 Å². The highest BCUT2D eigenvalue weighted by Gasteiger charge is 2.45. The van der Waals surface area contributed by atoms with Crippen LogP contribution in [0.25, 0.3) is 0 Å². The van der Waals surface area contributed by atoms with Crippen LogP contribution in [0, 0.1) is 5.41 Å². The second kappa shape index (κ2) is 6.30. The van der Waals surface area contributed by atoms with Crippen LogP contribution in [0.1, 0.15) is 45.4 Å². The first-order valence-corrected chi connectivity index (χ1v) is 9.00. The van der Waals surface area contributed by atoms with Crippen molar-refractivity contribution in [1.82, 2.24) is 9.88 Å². The number of halogens is 1. The molecule has 1 N–H and O–H groups in total. The van der Waals surface area contributed by atoms with E-state index < -0.39 is 0 Å². The predicted molar refractivity (Wildman–Crippen MR) is 91.5 cm³/mol. The third-order valence-corrected chi connectivity index (χ3v) is 5.59. The summed E-state index contributed by atoms with van der Waals surface area (Å²) in [6.45, 7) is 2.03. The Morgan fingerprint density at radius 1 is 1.35 bits per heavy atom. The van der Waals surface area contributed by atoms with Gasteiger partial charge >= 0.3 is 0 Å². The van der Waals surface area contributed by atoms with Crippen molar-refractivity contribution in [2.45, 2.75) is 57.6 Å². The molecule has 5 nitrogen and oxygen atoms in total. The van der Waals surface area contributed by atoms with Gasteiger partial charge in [0.25, 0.3) is 5.56 Å². The molecule has 126 valence electrons. The second-order valence-electron chi connectivity index (χ2n) is 7.06. The Bertz CT molecular complexity index is 658. The standard InChI is InChI=1S/C17H23BrN2O3/c1-17(7-8-17)16(22)19-11-3-5-12(6-4-11)23-14-9-15(21)20(2)10-13(14)18/h9-12H,3-8H2,1-2H3,(H,19,22). The molecule has 0 aliphatic heterocycles. The van der Waals surface area contributed by atoms with Crippen LogP contribution in [-0.2, 0) is 11.8 Å². The molecule has 0 saturated heterocycles. The van der Waals surface area contributed by atoms with Crippen LogP contribution in [0.3, 0.4) is 0 Å². The Kier molecular flexibility index (Phi) is 4.54. The lowest BCUT2D eigenvalue weighted by molar-refractivity contribution is -0.126. The van der Waals surface area contributed by atoms with E-state index in [1.54, 1.807) is 13.2 Å². The number of nitrogens with zero attached hydrogens (tertiary/aromatic N) is 1. The molecule has 2 saturated carbocycles. The van der Waals surface area contributed by atoms with Crippen molar-refractivity contribution in [3.8, 4) is 5.75 Å². The van der Waals surface area contributed by atoms with Crippen LogP contribution in [0.2, 0.25) is 0 Å². The molecule has 2 aliphatic rings. The van der Waals surface area contributed by atoms with Gasteiger partial charge in [0, 0.05) is 30.8 Å². The third kappa shape index (κ3) is 3.79. The number of pyridine rings is 1. The van der Waals surface area contributed by atoms with E-state index in [2.05, 4.69) is 21.2 Å². The molecule has 1 heterocycles. The van der Waals surface area contributed by atoms with E-state index in [1.807, 2.05) is 6.92 Å². The molecule has 2 fully saturated rings. The first kappa shape index (κ1) is 16.6. The van der Waals surface area contributed by atoms with Gasteiger partial charge in [-0.05, 0) is 54.5 Å². The maximum Gasteiger partial charge on any atom is 0.254 e. The number of aromatic nitrogens is 1. The van der Waals surface area contributed by atoms with Crippen LogP contribution in [0.4, 0.5) is 0 Å². The molecule has 0 unspecified atom stereocenters. The van der Waals surface area contributed by atoms with E-state index in [-0.39, 0.29) is 29.0 Å². The van der Waals surface area contributed by atoms with Crippen molar-refractivity contribution < 1.29 is 9.53 Å². The first-order valence-electron chi connectivity index (χ1n) is 8.21. The number of nitrogens with one attached hydrogen (secondary N) is 1. The molecule has 1 aromatic heterocycles. The summed E-state index contributed by atoms with van der Waals surface area (Å²) in [4.78, 5) is 23.8. The van der Waals surface area contributed by atoms with Gasteiger partial charge in [-0.2, -0.15) is 0 Å². The normalized spacial score (nSPS) is 25.7. The number of amides is 1. The first-order chi connectivity index (χ1) is 10.9. The Balaban J connectivity index is 1.52. The third-order valence-electron chi connectivity index (χ3n) is 5.00. The molecule has 0 radical (unpaired) electrons. The summed E-state index contributed by atoms with van der Waals surface area (Å²) in [7, 11) is 1.71. The molecular formula is C17H23BrN2O3. The van der Waals surface area contributed by atoms with Gasteiger partial charge in [0.1, 0.15) is 5.75 Å². The fourth-order valence-electron chi connectivity index (χ4n) is 2.95. The number of hydrogen-bond acceptors (Lipinski definition) is 3. The lowest BCUT2D eigenvalue weighted by atomic mass is 9.92. The second-order valence-corrected chi connectivity index (χ2v) is 7.91. The molecular weight excluding hydrogens is 360 g/mol. The highest BCUT2D eigenvalue weighted by molar-refractivity contribution is 9.10. The molecule has 6 heteroatoms. The summed E-state index contributed by atoms with van der Waals surface area (Å²) in [5, 5.41) is 3.18. The lowest BCUT2D eigenvalue weighted by Crippen LogP contribution is -2.42. The summed E-state index contributed by atoms with van der Waals surface area (Å²) in [6.07, 6.45) is 7.47. The quantitative estimate of drug-likeness (QED) is 0.870. The van der Waals surface area contributed by atoms with E-state index >= 15 is 0 Å². The highest BCUT2D eigenvalue weighted by atomic mass is 79.9. The van der Waals surface area contributed by atoms with E-state index in [0.717, 1.165) is 43.0 Å². The number of ether oxygens (including phenoxy) is 1. The van der Waals surface area contributed by atoms with Crippen molar-refractivity contribution in [3.63, 3.8) is 0 Å². The summed E-state index contributed by atoms with van der Waals surface area (Å²) in [6, 6.07) is 1.78. The number of carbonyl (C=O) groups is 1. The molecule has 0 bridgehead atoms. The van der Waals surface area contributed by atoms with Crippen LogP contribution in [-0.4, -0.2) is 22.6 Å². The molecule has 0 atom stereocenters. The molecule has 0 aromatic carbocycles. The molecule has 3 rings (SSSR count). The van der Waals surface area contributed by atoms with Crippen LogP contribution < -0.4 is 15.6 Å². The Morgan fingerprint density at radius 2 is 2.00 bits per heavy atom. The van der Waals surface area contributed by atoms with E-state index in [4.69, 9.17) is 4.74 Å². The minimum atomic E-state index is -0.109. The van der Waals surface area contributed by atoms with E-state index in [0.29, 0.717) is 5.75 Å². The summed E-state index contributed by atoms with van der Waals surface area (Å²) >= 11 is 3.44. The van der Waals surface area contributed by atoms with Gasteiger partial charge in [-0.1, -0.05) is 6.92 Å². The van der Waals surface area contributed by atoms with Gasteiger partial charge in [-0.15, -0.1) is 0 Å². The van der Waals surface area contributed by atoms with Gasteiger partial charge in [-0.3, -0.25) is 9.59 Å². The SMILES string of the molecule is Cn1cc(Br)c(OC2CCC(NC(=O)C3(C)CC3)CC2)cc1=O. The average molecular weight is 383 g/mol. The number of hydrogen-bond donors (Lipinski definition) is 1. The summed E-state index contributed by atoms with van der Waals surface area (Å²) in [5.41, 5.74) is -0.190. The van der Waals surface area contributed by atoms with Gasteiger partial charge in [-0.25, -0.2) is 0 Å². The largest absolute Gasteiger partial charge is 0.489 e. The van der Waals surface area contributed by atoms with Crippen molar-refractivity contribution >= 4 is 21.8 Å². The zero-order valence-corrected chi connectivity index (χ0v) is 15.2. The predicted octanol–water partition coefficient (Wildman–Crippen LogP) is 2.75. The van der Waals surface area contributed by atoms with Crippen LogP contribution in [0.5, 0.6) is 5.75 Å². The minimum absolute atomic E-state index is 0.0816. The molecule has 1 amide bonds. The zero-order chi connectivity index (χ0) is 16.6. The maximum absolute atomic E-state index is 12.1. The Morgan fingerprint density at radius 3 is 2.61 bits per heavy atom. The van der Waals surface area contributed by atoms with E-state index in [1.165, 1.54) is 10.6 Å². The fraction of sp³-hybridized carbons (Fsp3) is 0.647. The van der Waals surface area contributed by atoms with Crippen LogP contribution >= 0.6 is 15.9 Å². The monoisotopic (exact) mass is 382 g/mol. The van der Waals surface area contributed by atoms with Gasteiger partial charge in [0.15, 0.2) is 0 Å².